The molecule has 2 fully saturated rings. The monoisotopic (exact) mass is 381 g/mol. The lowest BCUT2D eigenvalue weighted by Gasteiger charge is -2.48. The number of rotatable bonds is 3. The van der Waals surface area contributed by atoms with E-state index in [1.165, 1.54) is 18.6 Å². The largest absolute Gasteiger partial charge is 0.334 e. The lowest BCUT2D eigenvalue weighted by molar-refractivity contribution is 0.0379. The number of nitrogens with zero attached hydrogens (tertiary/aromatic N) is 2. The van der Waals surface area contributed by atoms with Crippen molar-refractivity contribution in [3.8, 4) is 0 Å². The molecule has 3 heterocycles. The Balaban J connectivity index is 1.49. The van der Waals surface area contributed by atoms with Gasteiger partial charge in [0.2, 0.25) is 0 Å². The number of likely N-dealkylation sites (tertiary alicyclic amines) is 1. The summed E-state index contributed by atoms with van der Waals surface area (Å²) in [5.74, 6) is -0.168. The van der Waals surface area contributed by atoms with Crippen molar-refractivity contribution in [3.63, 3.8) is 0 Å². The van der Waals surface area contributed by atoms with E-state index in [4.69, 9.17) is 0 Å². The molecule has 2 aliphatic heterocycles. The molecule has 0 saturated carbocycles. The normalized spacial score (nSPS) is 25.1. The van der Waals surface area contributed by atoms with Gasteiger partial charge in [0.1, 0.15) is 5.82 Å². The van der Waals surface area contributed by atoms with E-state index in [1.54, 1.807) is 12.3 Å². The van der Waals surface area contributed by atoms with Gasteiger partial charge in [-0.25, -0.2) is 4.39 Å². The molecule has 28 heavy (non-hydrogen) atoms. The van der Waals surface area contributed by atoms with Crippen LogP contribution in [0.15, 0.2) is 42.6 Å². The van der Waals surface area contributed by atoms with Crippen LogP contribution in [0.3, 0.4) is 0 Å². The summed E-state index contributed by atoms with van der Waals surface area (Å²) in [6.45, 7) is 4.11. The molecule has 2 atom stereocenters. The Kier molecular flexibility index (Phi) is 5.44. The number of piperidine rings is 1. The van der Waals surface area contributed by atoms with E-state index >= 15 is 0 Å². The second-order valence-corrected chi connectivity index (χ2v) is 8.30. The molecule has 2 saturated heterocycles. The number of pyridine rings is 1. The number of amides is 1. The maximum absolute atomic E-state index is 13.4. The van der Waals surface area contributed by atoms with E-state index in [0.29, 0.717) is 12.0 Å². The first-order valence-corrected chi connectivity index (χ1v) is 10.3. The fourth-order valence-corrected chi connectivity index (χ4v) is 4.72. The number of carbonyl (C=O) groups excluding carboxylic acids is 1. The van der Waals surface area contributed by atoms with Crippen molar-refractivity contribution >= 4 is 5.91 Å². The molecule has 1 aromatic carbocycles. The first-order valence-electron chi connectivity index (χ1n) is 10.3. The maximum atomic E-state index is 13.4. The van der Waals surface area contributed by atoms with Gasteiger partial charge in [-0.05, 0) is 69.0 Å². The van der Waals surface area contributed by atoms with Crippen molar-refractivity contribution in [2.45, 2.75) is 57.0 Å². The number of nitrogens with one attached hydrogen (secondary N) is 1. The van der Waals surface area contributed by atoms with Gasteiger partial charge in [-0.2, -0.15) is 0 Å². The molecule has 1 N–H and O–H groups in total. The highest BCUT2D eigenvalue weighted by Crippen LogP contribution is 2.33. The molecule has 0 radical (unpaired) electrons. The average Bonchev–Trinajstić information content (AvgIpc) is 2.89. The molecular weight excluding hydrogens is 353 g/mol. The van der Waals surface area contributed by atoms with Gasteiger partial charge in [-0.3, -0.25) is 9.78 Å². The van der Waals surface area contributed by atoms with Crippen molar-refractivity contribution < 1.29 is 9.18 Å². The standard InChI is InChI=1S/C23H28FN3O/c1-23-11-5-13-27(21(23)8-2-3-12-26-23)22(28)18-9-10-20(25-16-18)15-17-6-4-7-19(24)14-17/h4,6-7,9-10,14,16,21,26H,2-3,5,8,11-13,15H2,1H3/t21-,23-/m0/s1. The van der Waals surface area contributed by atoms with Gasteiger partial charge in [0.15, 0.2) is 0 Å². The minimum atomic E-state index is -0.241. The molecule has 1 aromatic heterocycles. The van der Waals surface area contributed by atoms with Crippen LogP contribution in [0.5, 0.6) is 0 Å². The minimum Gasteiger partial charge on any atom is -0.334 e. The Morgan fingerprint density at radius 3 is 2.96 bits per heavy atom. The zero-order chi connectivity index (χ0) is 19.6. The fourth-order valence-electron chi connectivity index (χ4n) is 4.72. The summed E-state index contributed by atoms with van der Waals surface area (Å²) in [5.41, 5.74) is 2.36. The van der Waals surface area contributed by atoms with E-state index in [0.717, 1.165) is 50.0 Å². The summed E-state index contributed by atoms with van der Waals surface area (Å²) in [5, 5.41) is 3.70. The summed E-state index contributed by atoms with van der Waals surface area (Å²) in [6, 6.07) is 10.5. The van der Waals surface area contributed by atoms with Crippen LogP contribution >= 0.6 is 0 Å². The number of halogens is 1. The molecule has 0 unspecified atom stereocenters. The summed E-state index contributed by atoms with van der Waals surface area (Å²) in [7, 11) is 0. The van der Waals surface area contributed by atoms with Gasteiger partial charge in [0, 0.05) is 36.4 Å². The molecule has 4 rings (SSSR count). The molecule has 1 amide bonds. The molecular formula is C23H28FN3O. The van der Waals surface area contributed by atoms with Crippen LogP contribution in [0.2, 0.25) is 0 Å². The van der Waals surface area contributed by atoms with Gasteiger partial charge >= 0.3 is 0 Å². The Morgan fingerprint density at radius 2 is 2.18 bits per heavy atom. The number of carbonyl (C=O) groups is 1. The Labute approximate surface area is 166 Å². The summed E-state index contributed by atoms with van der Waals surface area (Å²) in [6.07, 6.45) is 7.75. The molecule has 0 bridgehead atoms. The third-order valence-corrected chi connectivity index (χ3v) is 6.25. The van der Waals surface area contributed by atoms with Crippen molar-refractivity contribution in [2.24, 2.45) is 0 Å². The maximum Gasteiger partial charge on any atom is 0.255 e. The third-order valence-electron chi connectivity index (χ3n) is 6.25. The second-order valence-electron chi connectivity index (χ2n) is 8.30. The number of benzene rings is 1. The van der Waals surface area contributed by atoms with Gasteiger partial charge in [0.25, 0.3) is 5.91 Å². The van der Waals surface area contributed by atoms with E-state index in [2.05, 4.69) is 22.1 Å². The fraction of sp³-hybridized carbons (Fsp3) is 0.478. The number of hydrogen-bond donors (Lipinski definition) is 1. The lowest BCUT2D eigenvalue weighted by atomic mass is 9.81. The van der Waals surface area contributed by atoms with Crippen LogP contribution in [0.1, 0.15) is 60.6 Å². The molecule has 2 aliphatic rings. The smallest absolute Gasteiger partial charge is 0.255 e. The van der Waals surface area contributed by atoms with Crippen LogP contribution in [0, 0.1) is 5.82 Å². The summed E-state index contributed by atoms with van der Waals surface area (Å²) < 4.78 is 13.4. The van der Waals surface area contributed by atoms with Crippen LogP contribution in [-0.2, 0) is 6.42 Å². The number of fused-ring (bicyclic) bond motifs is 1. The van der Waals surface area contributed by atoms with Gasteiger partial charge < -0.3 is 10.2 Å². The number of hydrogen-bond acceptors (Lipinski definition) is 3. The molecule has 4 nitrogen and oxygen atoms in total. The minimum absolute atomic E-state index is 0.00909. The van der Waals surface area contributed by atoms with Crippen molar-refractivity contribution in [1.82, 2.24) is 15.2 Å². The highest BCUT2D eigenvalue weighted by molar-refractivity contribution is 5.94. The predicted octanol–water partition coefficient (Wildman–Crippen LogP) is 3.95. The summed E-state index contributed by atoms with van der Waals surface area (Å²) >= 11 is 0. The van der Waals surface area contributed by atoms with Gasteiger partial charge in [0.05, 0.1) is 5.56 Å². The van der Waals surface area contributed by atoms with Crippen LogP contribution in [0.25, 0.3) is 0 Å². The van der Waals surface area contributed by atoms with Gasteiger partial charge in [-0.15, -0.1) is 0 Å². The van der Waals surface area contributed by atoms with Crippen LogP contribution < -0.4 is 5.32 Å². The molecule has 148 valence electrons. The Hall–Kier alpha value is -2.27. The quantitative estimate of drug-likeness (QED) is 0.876. The van der Waals surface area contributed by atoms with Crippen LogP contribution in [0.4, 0.5) is 4.39 Å². The molecule has 0 aliphatic carbocycles. The highest BCUT2D eigenvalue weighted by atomic mass is 19.1. The van der Waals surface area contributed by atoms with E-state index < -0.39 is 0 Å². The first-order chi connectivity index (χ1) is 13.5. The SMILES string of the molecule is C[C@]12CCCN(C(=O)c3ccc(Cc4cccc(F)c4)nc3)[C@H]1CCCCN2. The van der Waals surface area contributed by atoms with E-state index in [-0.39, 0.29) is 23.3 Å². The molecule has 5 heteroatoms. The Morgan fingerprint density at radius 1 is 1.29 bits per heavy atom. The topological polar surface area (TPSA) is 45.2 Å². The third kappa shape index (κ3) is 3.95. The molecule has 2 aromatic rings. The Bertz CT molecular complexity index is 838. The van der Waals surface area contributed by atoms with E-state index in [1.807, 2.05) is 18.2 Å². The second kappa shape index (κ2) is 8.00. The highest BCUT2D eigenvalue weighted by Gasteiger charge is 2.43. The van der Waals surface area contributed by atoms with Crippen LogP contribution in [-0.4, -0.2) is 40.5 Å². The first kappa shape index (κ1) is 19.1. The zero-order valence-corrected chi connectivity index (χ0v) is 16.5. The van der Waals surface area contributed by atoms with Crippen molar-refractivity contribution in [1.29, 1.82) is 0 Å². The number of aromatic nitrogens is 1. The predicted molar refractivity (Wildman–Crippen MR) is 108 cm³/mol. The summed E-state index contributed by atoms with van der Waals surface area (Å²) in [4.78, 5) is 19.8. The molecule has 0 spiro atoms. The van der Waals surface area contributed by atoms with Crippen molar-refractivity contribution in [3.05, 3.63) is 65.2 Å². The lowest BCUT2D eigenvalue weighted by Crippen LogP contribution is -2.62. The van der Waals surface area contributed by atoms with E-state index in [9.17, 15) is 9.18 Å². The zero-order valence-electron chi connectivity index (χ0n) is 16.5. The average molecular weight is 381 g/mol. The van der Waals surface area contributed by atoms with Gasteiger partial charge in [-0.1, -0.05) is 18.6 Å². The van der Waals surface area contributed by atoms with Crippen molar-refractivity contribution in [2.75, 3.05) is 13.1 Å².